The molecule has 0 spiro atoms. The summed E-state index contributed by atoms with van der Waals surface area (Å²) >= 11 is 0. The van der Waals surface area contributed by atoms with Crippen molar-refractivity contribution in [1.29, 1.82) is 0 Å². The van der Waals surface area contributed by atoms with E-state index >= 15 is 0 Å². The van der Waals surface area contributed by atoms with Gasteiger partial charge in [0, 0.05) is 6.54 Å². The van der Waals surface area contributed by atoms with Crippen LogP contribution in [-0.2, 0) is 10.0 Å². The van der Waals surface area contributed by atoms with Gasteiger partial charge in [0.25, 0.3) is 0 Å². The molecule has 1 N–H and O–H groups in total. The van der Waals surface area contributed by atoms with Crippen molar-refractivity contribution < 1.29 is 27.4 Å². The highest BCUT2D eigenvalue weighted by Crippen LogP contribution is 2.17. The van der Waals surface area contributed by atoms with Crippen molar-refractivity contribution >= 4 is 16.0 Å². The smallest absolute Gasteiger partial charge is 0.243 e. The molecule has 0 atom stereocenters. The highest BCUT2D eigenvalue weighted by molar-refractivity contribution is 7.89. The zero-order valence-electron chi connectivity index (χ0n) is 13.7. The van der Waals surface area contributed by atoms with Crippen LogP contribution in [0.25, 0.3) is 0 Å². The van der Waals surface area contributed by atoms with Crippen LogP contribution >= 0.6 is 0 Å². The minimum Gasteiger partial charge on any atom is -0.545 e. The summed E-state index contributed by atoms with van der Waals surface area (Å²) in [7, 11) is -4.21. The van der Waals surface area contributed by atoms with Crippen molar-refractivity contribution in [2.24, 2.45) is 0 Å². The van der Waals surface area contributed by atoms with Gasteiger partial charge in [-0.2, -0.15) is 0 Å². The molecule has 0 unspecified atom stereocenters. The summed E-state index contributed by atoms with van der Waals surface area (Å²) < 4.78 is 45.6. The van der Waals surface area contributed by atoms with E-state index < -0.39 is 32.3 Å². The van der Waals surface area contributed by atoms with Gasteiger partial charge in [-0.1, -0.05) is 12.1 Å². The molecule has 0 saturated carbocycles. The summed E-state index contributed by atoms with van der Waals surface area (Å²) in [6.07, 6.45) is 0. The van der Waals surface area contributed by atoms with Gasteiger partial charge in [-0.25, -0.2) is 17.5 Å². The Kier molecular flexibility index (Phi) is 5.76. The number of ether oxygens (including phenoxy) is 1. The maximum Gasteiger partial charge on any atom is 0.243 e. The van der Waals surface area contributed by atoms with Crippen LogP contribution in [0, 0.1) is 19.7 Å². The van der Waals surface area contributed by atoms with Gasteiger partial charge >= 0.3 is 0 Å². The van der Waals surface area contributed by atoms with Gasteiger partial charge in [-0.15, -0.1) is 0 Å². The largest absolute Gasteiger partial charge is 0.545 e. The van der Waals surface area contributed by atoms with Crippen LogP contribution in [0.5, 0.6) is 5.75 Å². The number of nitrogens with one attached hydrogen (secondary N) is 1. The number of carbonyl (C=O) groups excluding carboxylic acids is 1. The van der Waals surface area contributed by atoms with Crippen LogP contribution in [-0.4, -0.2) is 27.5 Å². The molecule has 0 bridgehead atoms. The standard InChI is InChI=1S/C17H18FNO5S/c1-11-7-12(2)9-14(8-11)24-6-5-19-25(22,23)16-10-13(17(20)21)3-4-15(16)18/h3-4,7-10,19H,5-6H2,1-2H3,(H,20,21)/p-1. The van der Waals surface area contributed by atoms with Crippen molar-refractivity contribution in [3.8, 4) is 5.75 Å². The summed E-state index contributed by atoms with van der Waals surface area (Å²) in [6, 6.07) is 8.02. The second-order valence-electron chi connectivity index (χ2n) is 5.50. The molecule has 0 aliphatic rings. The van der Waals surface area contributed by atoms with Crippen LogP contribution in [0.3, 0.4) is 0 Å². The summed E-state index contributed by atoms with van der Waals surface area (Å²) in [6.45, 7) is 3.75. The number of carbonyl (C=O) groups is 1. The Morgan fingerprint density at radius 2 is 1.80 bits per heavy atom. The zero-order valence-corrected chi connectivity index (χ0v) is 14.5. The summed E-state index contributed by atoms with van der Waals surface area (Å²) in [5.41, 5.74) is 1.60. The molecule has 0 amide bonds. The number of halogens is 1. The van der Waals surface area contributed by atoms with E-state index in [0.29, 0.717) is 5.75 Å². The zero-order chi connectivity index (χ0) is 18.6. The van der Waals surface area contributed by atoms with Crippen LogP contribution < -0.4 is 14.6 Å². The first-order chi connectivity index (χ1) is 11.7. The normalized spacial score (nSPS) is 11.3. The van der Waals surface area contributed by atoms with E-state index in [1.807, 2.05) is 32.0 Å². The SMILES string of the molecule is Cc1cc(C)cc(OCCNS(=O)(=O)c2cc(C(=O)[O-])ccc2F)c1. The Hall–Kier alpha value is -2.45. The fourth-order valence-corrected chi connectivity index (χ4v) is 3.39. The number of aryl methyl sites for hydroxylation is 2. The molecule has 2 aromatic rings. The highest BCUT2D eigenvalue weighted by Gasteiger charge is 2.19. The second-order valence-corrected chi connectivity index (χ2v) is 7.24. The molecule has 0 radical (unpaired) electrons. The van der Waals surface area contributed by atoms with Gasteiger partial charge < -0.3 is 14.6 Å². The molecule has 2 aromatic carbocycles. The van der Waals surface area contributed by atoms with E-state index in [1.165, 1.54) is 0 Å². The van der Waals surface area contributed by atoms with Crippen LogP contribution in [0.4, 0.5) is 4.39 Å². The van der Waals surface area contributed by atoms with Crippen LogP contribution in [0.1, 0.15) is 21.5 Å². The average molecular weight is 366 g/mol. The Bertz CT molecular complexity index is 876. The number of carboxylic acids is 1. The summed E-state index contributed by atoms with van der Waals surface area (Å²) in [5.74, 6) is -2.04. The molecule has 134 valence electrons. The van der Waals surface area contributed by atoms with E-state index in [4.69, 9.17) is 4.74 Å². The van der Waals surface area contributed by atoms with Crippen molar-refractivity contribution in [3.63, 3.8) is 0 Å². The van der Waals surface area contributed by atoms with Crippen molar-refractivity contribution in [3.05, 3.63) is 58.9 Å². The average Bonchev–Trinajstić information content (AvgIpc) is 2.50. The van der Waals surface area contributed by atoms with Gasteiger partial charge in [-0.05, 0) is 54.8 Å². The molecule has 2 rings (SSSR count). The molecule has 0 fully saturated rings. The van der Waals surface area contributed by atoms with E-state index in [0.717, 1.165) is 29.3 Å². The maximum absolute atomic E-state index is 13.7. The van der Waals surface area contributed by atoms with Gasteiger partial charge in [0.1, 0.15) is 23.1 Å². The predicted molar refractivity (Wildman–Crippen MR) is 87.3 cm³/mol. The maximum atomic E-state index is 13.7. The van der Waals surface area contributed by atoms with Crippen molar-refractivity contribution in [1.82, 2.24) is 4.72 Å². The van der Waals surface area contributed by atoms with Crippen LogP contribution in [0.15, 0.2) is 41.3 Å². The fraction of sp³-hybridized carbons (Fsp3) is 0.235. The van der Waals surface area contributed by atoms with Gasteiger partial charge in [0.15, 0.2) is 0 Å². The molecule has 0 saturated heterocycles. The van der Waals surface area contributed by atoms with E-state index in [-0.39, 0.29) is 13.2 Å². The summed E-state index contributed by atoms with van der Waals surface area (Å²) in [5, 5.41) is 10.8. The van der Waals surface area contributed by atoms with Gasteiger partial charge in [-0.3, -0.25) is 0 Å². The number of hydrogen-bond donors (Lipinski definition) is 1. The first kappa shape index (κ1) is 18.9. The Balaban J connectivity index is 2.02. The third-order valence-electron chi connectivity index (χ3n) is 3.31. The molecule has 0 heterocycles. The van der Waals surface area contributed by atoms with Crippen LogP contribution in [0.2, 0.25) is 0 Å². The number of rotatable bonds is 7. The number of hydrogen-bond acceptors (Lipinski definition) is 5. The number of carboxylic acid groups (broad SMARTS) is 1. The number of aromatic carboxylic acids is 1. The lowest BCUT2D eigenvalue weighted by atomic mass is 10.1. The molecule has 0 aliphatic carbocycles. The minimum absolute atomic E-state index is 0.0317. The quantitative estimate of drug-likeness (QED) is 0.742. The second kappa shape index (κ2) is 7.62. The minimum atomic E-state index is -4.21. The molecular weight excluding hydrogens is 349 g/mol. The number of benzene rings is 2. The predicted octanol–water partition coefficient (Wildman–Crippen LogP) is 1.16. The molecular formula is C17H17FNO5S-. The van der Waals surface area contributed by atoms with E-state index in [1.54, 1.807) is 0 Å². The van der Waals surface area contributed by atoms with E-state index in [9.17, 15) is 22.7 Å². The van der Waals surface area contributed by atoms with E-state index in [2.05, 4.69) is 4.72 Å². The Morgan fingerprint density at radius 1 is 1.16 bits per heavy atom. The topological polar surface area (TPSA) is 95.5 Å². The van der Waals surface area contributed by atoms with Gasteiger partial charge in [0.2, 0.25) is 10.0 Å². The lowest BCUT2D eigenvalue weighted by molar-refractivity contribution is -0.255. The van der Waals surface area contributed by atoms with Gasteiger partial charge in [0.05, 0.1) is 5.97 Å². The lowest BCUT2D eigenvalue weighted by Crippen LogP contribution is -2.29. The first-order valence-corrected chi connectivity index (χ1v) is 8.89. The molecule has 0 aliphatic heterocycles. The Labute approximate surface area is 145 Å². The highest BCUT2D eigenvalue weighted by atomic mass is 32.2. The molecule has 8 heteroatoms. The lowest BCUT2D eigenvalue weighted by Gasteiger charge is -2.11. The molecule has 0 aromatic heterocycles. The fourth-order valence-electron chi connectivity index (χ4n) is 2.28. The summed E-state index contributed by atoms with van der Waals surface area (Å²) in [4.78, 5) is 10.0. The Morgan fingerprint density at radius 3 is 2.40 bits per heavy atom. The monoisotopic (exact) mass is 366 g/mol. The third-order valence-corrected chi connectivity index (χ3v) is 4.79. The third kappa shape index (κ3) is 5.01. The van der Waals surface area contributed by atoms with Crippen molar-refractivity contribution in [2.75, 3.05) is 13.2 Å². The van der Waals surface area contributed by atoms with Crippen molar-refractivity contribution in [2.45, 2.75) is 18.7 Å². The molecule has 25 heavy (non-hydrogen) atoms. The first-order valence-electron chi connectivity index (χ1n) is 7.41. The number of sulfonamides is 1. The molecule has 6 nitrogen and oxygen atoms in total.